The number of piperidine rings is 1. The largest absolute Gasteiger partial charge is 0.385 e. The van der Waals surface area contributed by atoms with E-state index in [1.165, 1.54) is 12.8 Å². The number of hydrogen-bond acceptors (Lipinski definition) is 4. The van der Waals surface area contributed by atoms with Crippen LogP contribution in [0.2, 0.25) is 0 Å². The van der Waals surface area contributed by atoms with E-state index in [0.29, 0.717) is 12.1 Å². The zero-order valence-electron chi connectivity index (χ0n) is 10.1. The Kier molecular flexibility index (Phi) is 2.05. The van der Waals surface area contributed by atoms with Gasteiger partial charge in [0.2, 0.25) is 0 Å². The lowest BCUT2D eigenvalue weighted by atomic mass is 9.83. The Balaban J connectivity index is 1.82. The number of aromatic nitrogens is 3. The van der Waals surface area contributed by atoms with Crippen molar-refractivity contribution in [1.82, 2.24) is 19.9 Å². The van der Waals surface area contributed by atoms with Gasteiger partial charge in [-0.2, -0.15) is 5.10 Å². The van der Waals surface area contributed by atoms with E-state index in [1.54, 1.807) is 16.9 Å². The summed E-state index contributed by atoms with van der Waals surface area (Å²) in [4.78, 5) is 4.35. The fraction of sp³-hybridized carbons (Fsp3) is 0.538. The van der Waals surface area contributed by atoms with Crippen molar-refractivity contribution in [2.45, 2.75) is 43.4 Å². The summed E-state index contributed by atoms with van der Waals surface area (Å²) >= 11 is 0. The Bertz CT molecular complexity index is 581. The lowest BCUT2D eigenvalue weighted by Crippen LogP contribution is -2.46. The van der Waals surface area contributed by atoms with Crippen molar-refractivity contribution in [3.05, 3.63) is 30.2 Å². The van der Waals surface area contributed by atoms with E-state index in [2.05, 4.69) is 15.4 Å². The highest BCUT2D eigenvalue weighted by Gasteiger charge is 2.45. The van der Waals surface area contributed by atoms with Crippen molar-refractivity contribution in [2.24, 2.45) is 0 Å². The minimum atomic E-state index is -0.771. The average Bonchev–Trinajstić information content (AvgIpc) is 2.93. The monoisotopic (exact) mass is 244 g/mol. The molecule has 0 spiro atoms. The topological polar surface area (TPSA) is 62.5 Å². The van der Waals surface area contributed by atoms with Crippen LogP contribution >= 0.6 is 0 Å². The van der Waals surface area contributed by atoms with Crippen molar-refractivity contribution in [2.75, 3.05) is 0 Å². The Hall–Kier alpha value is -1.46. The van der Waals surface area contributed by atoms with Crippen LogP contribution in [0.5, 0.6) is 0 Å². The third-order valence-corrected chi connectivity index (χ3v) is 4.28. The first-order valence-corrected chi connectivity index (χ1v) is 6.52. The van der Waals surface area contributed by atoms with Crippen LogP contribution in [-0.2, 0) is 5.60 Å². The molecule has 2 saturated heterocycles. The second kappa shape index (κ2) is 3.52. The summed E-state index contributed by atoms with van der Waals surface area (Å²) in [6.45, 7) is 0. The standard InChI is InChI=1S/C13H16N4O/c18-13(6-9-2-3-10(7-13)16-9)11-8-15-17-5-1-4-14-12(11)17/h1,4-5,8-10,16,18H,2-3,6-7H2. The van der Waals surface area contributed by atoms with E-state index < -0.39 is 5.60 Å². The molecule has 18 heavy (non-hydrogen) atoms. The number of nitrogens with one attached hydrogen (secondary N) is 1. The van der Waals surface area contributed by atoms with Gasteiger partial charge in [0.15, 0.2) is 5.65 Å². The number of aliphatic hydroxyl groups is 1. The van der Waals surface area contributed by atoms with Crippen LogP contribution in [-0.4, -0.2) is 31.8 Å². The molecule has 2 atom stereocenters. The molecule has 4 heterocycles. The van der Waals surface area contributed by atoms with Gasteiger partial charge in [0.1, 0.15) is 0 Å². The van der Waals surface area contributed by atoms with Gasteiger partial charge in [-0.15, -0.1) is 0 Å². The van der Waals surface area contributed by atoms with Crippen LogP contribution in [0.25, 0.3) is 5.65 Å². The molecule has 94 valence electrons. The van der Waals surface area contributed by atoms with Crippen LogP contribution in [0.3, 0.4) is 0 Å². The molecule has 2 unspecified atom stereocenters. The Morgan fingerprint density at radius 3 is 2.89 bits per heavy atom. The molecule has 2 aromatic heterocycles. The number of hydrogen-bond donors (Lipinski definition) is 2. The second-order valence-corrected chi connectivity index (χ2v) is 5.52. The first kappa shape index (κ1) is 10.5. The summed E-state index contributed by atoms with van der Waals surface area (Å²) < 4.78 is 1.73. The summed E-state index contributed by atoms with van der Waals surface area (Å²) in [6, 6.07) is 2.72. The summed E-state index contributed by atoms with van der Waals surface area (Å²) in [5, 5.41) is 18.8. The molecular formula is C13H16N4O. The predicted octanol–water partition coefficient (Wildman–Crippen LogP) is 0.831. The summed E-state index contributed by atoms with van der Waals surface area (Å²) in [5.41, 5.74) is 0.885. The third-order valence-electron chi connectivity index (χ3n) is 4.28. The molecular weight excluding hydrogens is 228 g/mol. The van der Waals surface area contributed by atoms with Crippen molar-refractivity contribution in [1.29, 1.82) is 0 Å². The fourth-order valence-corrected chi connectivity index (χ4v) is 3.50. The van der Waals surface area contributed by atoms with E-state index in [9.17, 15) is 5.11 Å². The first-order chi connectivity index (χ1) is 8.74. The fourth-order valence-electron chi connectivity index (χ4n) is 3.50. The van der Waals surface area contributed by atoms with Crippen molar-refractivity contribution in [3.8, 4) is 0 Å². The predicted molar refractivity (Wildman–Crippen MR) is 66.1 cm³/mol. The molecule has 0 radical (unpaired) electrons. The van der Waals surface area contributed by atoms with Gasteiger partial charge in [0.25, 0.3) is 0 Å². The maximum absolute atomic E-state index is 11.0. The van der Waals surface area contributed by atoms with Gasteiger partial charge >= 0.3 is 0 Å². The van der Waals surface area contributed by atoms with Gasteiger partial charge in [0.05, 0.1) is 11.8 Å². The van der Waals surface area contributed by atoms with Crippen molar-refractivity contribution < 1.29 is 5.11 Å². The van der Waals surface area contributed by atoms with Gasteiger partial charge in [0, 0.05) is 30.0 Å². The lowest BCUT2D eigenvalue weighted by Gasteiger charge is -2.36. The van der Waals surface area contributed by atoms with E-state index in [0.717, 1.165) is 24.1 Å². The molecule has 5 nitrogen and oxygen atoms in total. The maximum atomic E-state index is 11.0. The van der Waals surface area contributed by atoms with Crippen LogP contribution in [0.1, 0.15) is 31.2 Å². The zero-order valence-corrected chi connectivity index (χ0v) is 10.1. The molecule has 2 aliphatic heterocycles. The molecule has 4 rings (SSSR count). The van der Waals surface area contributed by atoms with E-state index in [1.807, 2.05) is 12.3 Å². The van der Waals surface area contributed by atoms with E-state index >= 15 is 0 Å². The van der Waals surface area contributed by atoms with Crippen LogP contribution in [0.15, 0.2) is 24.7 Å². The molecule has 0 amide bonds. The molecule has 0 aliphatic carbocycles. The van der Waals surface area contributed by atoms with Gasteiger partial charge in [-0.3, -0.25) is 0 Å². The van der Waals surface area contributed by atoms with E-state index in [4.69, 9.17) is 0 Å². The number of fused-ring (bicyclic) bond motifs is 3. The van der Waals surface area contributed by atoms with Crippen molar-refractivity contribution in [3.63, 3.8) is 0 Å². The molecule has 5 heteroatoms. The molecule has 2 aliphatic rings. The normalized spacial score (nSPS) is 35.2. The Morgan fingerprint density at radius 1 is 1.33 bits per heavy atom. The van der Waals surface area contributed by atoms with Crippen molar-refractivity contribution >= 4 is 5.65 Å². The Labute approximate surface area is 105 Å². The summed E-state index contributed by atoms with van der Waals surface area (Å²) in [7, 11) is 0. The second-order valence-electron chi connectivity index (χ2n) is 5.52. The van der Waals surface area contributed by atoms with Gasteiger partial charge in [-0.1, -0.05) is 0 Å². The quantitative estimate of drug-likeness (QED) is 0.780. The zero-order chi connectivity index (χ0) is 12.2. The molecule has 2 aromatic rings. The number of rotatable bonds is 1. The van der Waals surface area contributed by atoms with Crippen LogP contribution in [0, 0.1) is 0 Å². The summed E-state index contributed by atoms with van der Waals surface area (Å²) in [6.07, 6.45) is 9.25. The number of nitrogens with zero attached hydrogens (tertiary/aromatic N) is 3. The van der Waals surface area contributed by atoms with Crippen LogP contribution < -0.4 is 5.32 Å². The van der Waals surface area contributed by atoms with Gasteiger partial charge in [-0.05, 0) is 31.7 Å². The summed E-state index contributed by atoms with van der Waals surface area (Å²) in [5.74, 6) is 0. The average molecular weight is 244 g/mol. The van der Waals surface area contributed by atoms with E-state index in [-0.39, 0.29) is 0 Å². The molecule has 2 bridgehead atoms. The minimum Gasteiger partial charge on any atom is -0.385 e. The molecule has 2 fully saturated rings. The maximum Gasteiger partial charge on any atom is 0.160 e. The van der Waals surface area contributed by atoms with Gasteiger partial charge < -0.3 is 10.4 Å². The third kappa shape index (κ3) is 1.41. The molecule has 2 N–H and O–H groups in total. The highest BCUT2D eigenvalue weighted by Crippen LogP contribution is 2.41. The highest BCUT2D eigenvalue weighted by molar-refractivity contribution is 5.49. The SMILES string of the molecule is OC1(c2cnn3cccnc23)CC2CCC(C1)N2. The highest BCUT2D eigenvalue weighted by atomic mass is 16.3. The molecule has 0 saturated carbocycles. The Morgan fingerprint density at radius 2 is 2.11 bits per heavy atom. The van der Waals surface area contributed by atoms with Gasteiger partial charge in [-0.25, -0.2) is 9.50 Å². The molecule has 0 aromatic carbocycles. The van der Waals surface area contributed by atoms with Crippen LogP contribution in [0.4, 0.5) is 0 Å². The first-order valence-electron chi connectivity index (χ1n) is 6.52. The minimum absolute atomic E-state index is 0.437. The lowest BCUT2D eigenvalue weighted by molar-refractivity contribution is -0.0103. The smallest absolute Gasteiger partial charge is 0.160 e.